The Morgan fingerprint density at radius 1 is 1.00 bits per heavy atom. The summed E-state index contributed by atoms with van der Waals surface area (Å²) in [4.78, 5) is 12.5. The molecule has 156 valence electrons. The Balaban J connectivity index is 1.72. The zero-order valence-electron chi connectivity index (χ0n) is 15.9. The fraction of sp³-hybridized carbons (Fsp3) is 0.316. The molecule has 1 aliphatic heterocycles. The van der Waals surface area contributed by atoms with Crippen molar-refractivity contribution in [2.24, 2.45) is 11.1 Å². The number of carbonyl (C=O) groups is 1. The predicted molar refractivity (Wildman–Crippen MR) is 109 cm³/mol. The summed E-state index contributed by atoms with van der Waals surface area (Å²) >= 11 is 0. The fourth-order valence-electron chi connectivity index (χ4n) is 3.22. The third-order valence-electron chi connectivity index (χ3n) is 4.81. The summed E-state index contributed by atoms with van der Waals surface area (Å²) in [7, 11) is -7.39. The molecule has 0 bridgehead atoms. The third kappa shape index (κ3) is 5.02. The summed E-state index contributed by atoms with van der Waals surface area (Å²) in [5, 5.41) is 7.67. The molecule has 29 heavy (non-hydrogen) atoms. The van der Waals surface area contributed by atoms with Crippen LogP contribution in [0.25, 0.3) is 0 Å². The Kier molecular flexibility index (Phi) is 6.08. The molecule has 3 rings (SSSR count). The number of carbonyl (C=O) groups excluding carboxylic acids is 1. The van der Waals surface area contributed by atoms with Gasteiger partial charge >= 0.3 is 0 Å². The number of primary sulfonamides is 1. The first kappa shape index (κ1) is 21.4. The monoisotopic (exact) mass is 437 g/mol. The average molecular weight is 438 g/mol. The van der Waals surface area contributed by atoms with Crippen molar-refractivity contribution in [1.29, 1.82) is 0 Å². The number of piperidine rings is 1. The van der Waals surface area contributed by atoms with Crippen molar-refractivity contribution in [3.8, 4) is 0 Å². The molecule has 2 aromatic rings. The van der Waals surface area contributed by atoms with Crippen LogP contribution in [0, 0.1) is 5.92 Å². The number of nitrogens with two attached hydrogens (primary N) is 1. The lowest BCUT2D eigenvalue weighted by atomic mass is 10.0. The fourth-order valence-corrected chi connectivity index (χ4v) is 5.34. The standard InChI is InChI=1S/C19H23N3O5S2/c1-14-3-2-12-22(13-14)29(26,27)18-8-4-15(5-9-18)19(23)21-16-6-10-17(11-7-16)28(20,24)25/h4-11,14H,2-3,12-13H2,1H3,(H,21,23)(H2,20,24,25)/t14-/m1/s1. The molecule has 10 heteroatoms. The number of benzene rings is 2. The van der Waals surface area contributed by atoms with Gasteiger partial charge in [-0.05, 0) is 67.3 Å². The first-order valence-corrected chi connectivity index (χ1v) is 12.1. The van der Waals surface area contributed by atoms with Gasteiger partial charge in [-0.1, -0.05) is 6.92 Å². The molecule has 0 spiro atoms. The van der Waals surface area contributed by atoms with Crippen LogP contribution < -0.4 is 10.5 Å². The van der Waals surface area contributed by atoms with Crippen LogP contribution in [0.2, 0.25) is 0 Å². The topological polar surface area (TPSA) is 127 Å². The van der Waals surface area contributed by atoms with Crippen LogP contribution in [0.15, 0.2) is 58.3 Å². The molecule has 3 N–H and O–H groups in total. The molecule has 1 heterocycles. The van der Waals surface area contributed by atoms with E-state index in [2.05, 4.69) is 5.32 Å². The Hall–Kier alpha value is -2.27. The van der Waals surface area contributed by atoms with Crippen molar-refractivity contribution in [3.05, 3.63) is 54.1 Å². The van der Waals surface area contributed by atoms with Gasteiger partial charge in [0.05, 0.1) is 9.79 Å². The maximum Gasteiger partial charge on any atom is 0.255 e. The number of anilines is 1. The normalized spacial score (nSPS) is 18.3. The summed E-state index contributed by atoms with van der Waals surface area (Å²) in [5.41, 5.74) is 0.674. The van der Waals surface area contributed by atoms with E-state index in [0.29, 0.717) is 24.7 Å². The van der Waals surface area contributed by atoms with E-state index in [9.17, 15) is 21.6 Å². The second-order valence-corrected chi connectivity index (χ2v) is 10.7. The molecule has 1 aliphatic rings. The van der Waals surface area contributed by atoms with Gasteiger partial charge in [-0.3, -0.25) is 4.79 Å². The highest BCUT2D eigenvalue weighted by Gasteiger charge is 2.28. The van der Waals surface area contributed by atoms with Gasteiger partial charge < -0.3 is 5.32 Å². The van der Waals surface area contributed by atoms with Crippen LogP contribution in [-0.2, 0) is 20.0 Å². The van der Waals surface area contributed by atoms with Gasteiger partial charge in [0.2, 0.25) is 20.0 Å². The lowest BCUT2D eigenvalue weighted by Crippen LogP contribution is -2.39. The largest absolute Gasteiger partial charge is 0.322 e. The first-order chi connectivity index (χ1) is 13.6. The maximum atomic E-state index is 12.8. The van der Waals surface area contributed by atoms with E-state index >= 15 is 0 Å². The number of sulfonamides is 2. The first-order valence-electron chi connectivity index (χ1n) is 9.12. The molecule has 0 saturated carbocycles. The van der Waals surface area contributed by atoms with E-state index in [0.717, 1.165) is 12.8 Å². The van der Waals surface area contributed by atoms with Crippen LogP contribution in [0.1, 0.15) is 30.1 Å². The van der Waals surface area contributed by atoms with Crippen molar-refractivity contribution < 1.29 is 21.6 Å². The van der Waals surface area contributed by atoms with Gasteiger partial charge in [-0.15, -0.1) is 0 Å². The Morgan fingerprint density at radius 3 is 2.14 bits per heavy atom. The lowest BCUT2D eigenvalue weighted by molar-refractivity contribution is 0.102. The molecule has 2 aromatic carbocycles. The summed E-state index contributed by atoms with van der Waals surface area (Å²) in [6.07, 6.45) is 1.86. The number of nitrogens with one attached hydrogen (secondary N) is 1. The van der Waals surface area contributed by atoms with E-state index in [1.807, 2.05) is 6.92 Å². The minimum atomic E-state index is -3.81. The minimum Gasteiger partial charge on any atom is -0.322 e. The summed E-state index contributed by atoms with van der Waals surface area (Å²) in [5.74, 6) is -0.117. The van der Waals surface area contributed by atoms with Gasteiger partial charge in [-0.2, -0.15) is 4.31 Å². The zero-order chi connectivity index (χ0) is 21.2. The zero-order valence-corrected chi connectivity index (χ0v) is 17.5. The van der Waals surface area contributed by atoms with Gasteiger partial charge in [0.25, 0.3) is 5.91 Å². The Morgan fingerprint density at radius 2 is 1.59 bits per heavy atom. The second kappa shape index (κ2) is 8.23. The van der Waals surface area contributed by atoms with Gasteiger partial charge in [0.1, 0.15) is 0 Å². The molecule has 0 aliphatic carbocycles. The molecule has 1 amide bonds. The Bertz CT molecular complexity index is 1100. The van der Waals surface area contributed by atoms with Gasteiger partial charge in [-0.25, -0.2) is 22.0 Å². The summed E-state index contributed by atoms with van der Waals surface area (Å²) in [6.45, 7) is 3.03. The van der Waals surface area contributed by atoms with Crippen molar-refractivity contribution in [1.82, 2.24) is 4.31 Å². The Labute approximate surface area is 170 Å². The highest BCUT2D eigenvalue weighted by atomic mass is 32.2. The summed E-state index contributed by atoms with van der Waals surface area (Å²) in [6, 6.07) is 11.2. The number of rotatable bonds is 5. The highest BCUT2D eigenvalue weighted by molar-refractivity contribution is 7.89. The summed E-state index contributed by atoms with van der Waals surface area (Å²) < 4.78 is 49.6. The van der Waals surface area contributed by atoms with Gasteiger partial charge in [0.15, 0.2) is 0 Å². The van der Waals surface area contributed by atoms with Crippen molar-refractivity contribution in [2.75, 3.05) is 18.4 Å². The van der Waals surface area contributed by atoms with E-state index < -0.39 is 26.0 Å². The number of nitrogens with zero attached hydrogens (tertiary/aromatic N) is 1. The van der Waals surface area contributed by atoms with E-state index in [4.69, 9.17) is 5.14 Å². The van der Waals surface area contributed by atoms with Crippen LogP contribution >= 0.6 is 0 Å². The maximum absolute atomic E-state index is 12.8. The molecule has 0 unspecified atom stereocenters. The lowest BCUT2D eigenvalue weighted by Gasteiger charge is -2.30. The van der Waals surface area contributed by atoms with Crippen molar-refractivity contribution >= 4 is 31.6 Å². The number of amides is 1. The van der Waals surface area contributed by atoms with E-state index in [-0.39, 0.29) is 15.4 Å². The van der Waals surface area contributed by atoms with E-state index in [1.165, 1.54) is 52.8 Å². The molecular weight excluding hydrogens is 414 g/mol. The smallest absolute Gasteiger partial charge is 0.255 e. The van der Waals surface area contributed by atoms with Crippen LogP contribution in [0.4, 0.5) is 5.69 Å². The van der Waals surface area contributed by atoms with E-state index in [1.54, 1.807) is 0 Å². The SMILES string of the molecule is C[C@@H]1CCCN(S(=O)(=O)c2ccc(C(=O)Nc3ccc(S(N)(=O)=O)cc3)cc2)C1. The molecule has 1 fully saturated rings. The molecule has 8 nitrogen and oxygen atoms in total. The van der Waals surface area contributed by atoms with Crippen LogP contribution in [0.5, 0.6) is 0 Å². The van der Waals surface area contributed by atoms with Crippen molar-refractivity contribution in [2.45, 2.75) is 29.6 Å². The molecule has 1 atom stereocenters. The highest BCUT2D eigenvalue weighted by Crippen LogP contribution is 2.24. The second-order valence-electron chi connectivity index (χ2n) is 7.16. The van der Waals surface area contributed by atoms with Crippen LogP contribution in [0.3, 0.4) is 0 Å². The number of hydrogen-bond acceptors (Lipinski definition) is 5. The van der Waals surface area contributed by atoms with Crippen molar-refractivity contribution in [3.63, 3.8) is 0 Å². The predicted octanol–water partition coefficient (Wildman–Crippen LogP) is 2.01. The molecule has 1 saturated heterocycles. The number of hydrogen-bond donors (Lipinski definition) is 2. The third-order valence-corrected chi connectivity index (χ3v) is 7.62. The average Bonchev–Trinajstić information content (AvgIpc) is 2.68. The van der Waals surface area contributed by atoms with Crippen LogP contribution in [-0.4, -0.2) is 40.1 Å². The molecule has 0 aromatic heterocycles. The quantitative estimate of drug-likeness (QED) is 0.740. The molecular formula is C19H23N3O5S2. The molecule has 0 radical (unpaired) electrons. The minimum absolute atomic E-state index is 0.0583. The van der Waals surface area contributed by atoms with Gasteiger partial charge in [0, 0.05) is 24.3 Å².